The van der Waals surface area contributed by atoms with Gasteiger partial charge in [0.15, 0.2) is 0 Å². The fraction of sp³-hybridized carbons (Fsp3) is 0.304. The van der Waals surface area contributed by atoms with Crippen LogP contribution in [0.15, 0.2) is 60.8 Å². The highest BCUT2D eigenvalue weighted by Gasteiger charge is 2.28. The maximum Gasteiger partial charge on any atom is 0.130 e. The minimum absolute atomic E-state index is 0.0209. The molecule has 2 heterocycles. The molecule has 4 rings (SSSR count). The number of halogens is 2. The van der Waals surface area contributed by atoms with Crippen LogP contribution in [-0.4, -0.2) is 16.0 Å². The fourth-order valence-corrected chi connectivity index (χ4v) is 4.01. The van der Waals surface area contributed by atoms with Crippen LogP contribution in [0.4, 0.5) is 8.78 Å². The van der Waals surface area contributed by atoms with Crippen molar-refractivity contribution in [1.29, 1.82) is 0 Å². The second kappa shape index (κ2) is 7.65. The highest BCUT2D eigenvalue weighted by Crippen LogP contribution is 2.33. The lowest BCUT2D eigenvalue weighted by atomic mass is 9.99. The summed E-state index contributed by atoms with van der Waals surface area (Å²) in [5, 5.41) is 0. The van der Waals surface area contributed by atoms with Gasteiger partial charge in [0.2, 0.25) is 0 Å². The SMILES string of the molecule is CCc1ccc(C2c3cccn3CCCN2Cc2c(F)cccc2F)cc1. The Hall–Kier alpha value is -2.46. The predicted molar refractivity (Wildman–Crippen MR) is 103 cm³/mol. The Balaban J connectivity index is 1.76. The van der Waals surface area contributed by atoms with Crippen LogP contribution in [-0.2, 0) is 19.5 Å². The van der Waals surface area contributed by atoms with E-state index >= 15 is 0 Å². The molecular formula is C23H24F2N2. The van der Waals surface area contributed by atoms with Gasteiger partial charge in [-0.3, -0.25) is 4.90 Å². The topological polar surface area (TPSA) is 8.17 Å². The highest BCUT2D eigenvalue weighted by molar-refractivity contribution is 5.33. The summed E-state index contributed by atoms with van der Waals surface area (Å²) in [4.78, 5) is 2.20. The number of hydrogen-bond acceptors (Lipinski definition) is 1. The molecule has 140 valence electrons. The van der Waals surface area contributed by atoms with Crippen LogP contribution in [0.3, 0.4) is 0 Å². The molecule has 0 saturated heterocycles. The number of fused-ring (bicyclic) bond motifs is 1. The molecule has 1 aliphatic heterocycles. The van der Waals surface area contributed by atoms with Gasteiger partial charge in [0.25, 0.3) is 0 Å². The van der Waals surface area contributed by atoms with Crippen LogP contribution in [0, 0.1) is 11.6 Å². The number of benzene rings is 2. The van der Waals surface area contributed by atoms with Gasteiger partial charge in [0, 0.05) is 37.1 Å². The minimum Gasteiger partial charge on any atom is -0.350 e. The smallest absolute Gasteiger partial charge is 0.130 e. The normalized spacial score (nSPS) is 17.5. The van der Waals surface area contributed by atoms with Gasteiger partial charge in [-0.25, -0.2) is 8.78 Å². The second-order valence-corrected chi connectivity index (χ2v) is 7.15. The molecule has 0 fully saturated rings. The van der Waals surface area contributed by atoms with Crippen LogP contribution < -0.4 is 0 Å². The van der Waals surface area contributed by atoms with E-state index in [1.54, 1.807) is 0 Å². The molecule has 3 aromatic rings. The maximum absolute atomic E-state index is 14.3. The molecule has 1 aromatic heterocycles. The molecule has 1 unspecified atom stereocenters. The number of aromatic nitrogens is 1. The Morgan fingerprint density at radius 2 is 1.67 bits per heavy atom. The zero-order valence-corrected chi connectivity index (χ0v) is 15.5. The highest BCUT2D eigenvalue weighted by atomic mass is 19.1. The summed E-state index contributed by atoms with van der Waals surface area (Å²) in [6.07, 6.45) is 4.03. The lowest BCUT2D eigenvalue weighted by Gasteiger charge is -2.31. The average molecular weight is 366 g/mol. The summed E-state index contributed by atoms with van der Waals surface area (Å²) in [6, 6.07) is 16.8. The molecule has 1 atom stereocenters. The summed E-state index contributed by atoms with van der Waals surface area (Å²) < 4.78 is 30.9. The second-order valence-electron chi connectivity index (χ2n) is 7.15. The van der Waals surface area contributed by atoms with Crippen molar-refractivity contribution in [3.8, 4) is 0 Å². The quantitative estimate of drug-likeness (QED) is 0.606. The Morgan fingerprint density at radius 1 is 0.926 bits per heavy atom. The van der Waals surface area contributed by atoms with E-state index in [1.165, 1.54) is 29.5 Å². The molecule has 2 nitrogen and oxygen atoms in total. The van der Waals surface area contributed by atoms with Crippen LogP contribution in [0.1, 0.15) is 41.8 Å². The van der Waals surface area contributed by atoms with E-state index in [2.05, 4.69) is 59.0 Å². The van der Waals surface area contributed by atoms with E-state index < -0.39 is 11.6 Å². The third-order valence-electron chi connectivity index (χ3n) is 5.48. The van der Waals surface area contributed by atoms with Gasteiger partial charge in [0.1, 0.15) is 11.6 Å². The third kappa shape index (κ3) is 3.54. The monoisotopic (exact) mass is 366 g/mol. The Morgan fingerprint density at radius 3 is 2.37 bits per heavy atom. The molecule has 27 heavy (non-hydrogen) atoms. The Kier molecular flexibility index (Phi) is 5.08. The van der Waals surface area contributed by atoms with Crippen molar-refractivity contribution in [3.05, 3.63) is 94.8 Å². The Labute approximate surface area is 159 Å². The van der Waals surface area contributed by atoms with Gasteiger partial charge in [-0.15, -0.1) is 0 Å². The van der Waals surface area contributed by atoms with E-state index in [-0.39, 0.29) is 18.2 Å². The Bertz CT molecular complexity index is 894. The van der Waals surface area contributed by atoms with Crippen molar-refractivity contribution in [3.63, 3.8) is 0 Å². The van der Waals surface area contributed by atoms with E-state index in [0.29, 0.717) is 0 Å². The van der Waals surface area contributed by atoms with Crippen LogP contribution in [0.5, 0.6) is 0 Å². The molecule has 2 aromatic carbocycles. The maximum atomic E-state index is 14.3. The summed E-state index contributed by atoms with van der Waals surface area (Å²) in [7, 11) is 0. The van der Waals surface area contributed by atoms with Gasteiger partial charge in [0.05, 0.1) is 6.04 Å². The van der Waals surface area contributed by atoms with Crippen molar-refractivity contribution in [2.45, 2.75) is 38.9 Å². The van der Waals surface area contributed by atoms with Gasteiger partial charge in [-0.05, 0) is 48.2 Å². The summed E-state index contributed by atoms with van der Waals surface area (Å²) in [5.74, 6) is -0.954. The molecule has 0 saturated carbocycles. The van der Waals surface area contributed by atoms with Crippen LogP contribution in [0.25, 0.3) is 0 Å². The van der Waals surface area contributed by atoms with E-state index in [9.17, 15) is 8.78 Å². The number of hydrogen-bond donors (Lipinski definition) is 0. The molecule has 0 aliphatic carbocycles. The van der Waals surface area contributed by atoms with Gasteiger partial charge in [-0.2, -0.15) is 0 Å². The lowest BCUT2D eigenvalue weighted by Crippen LogP contribution is -2.30. The van der Waals surface area contributed by atoms with E-state index in [4.69, 9.17) is 0 Å². The first-order valence-electron chi connectivity index (χ1n) is 9.58. The van der Waals surface area contributed by atoms with Crippen LogP contribution >= 0.6 is 0 Å². The van der Waals surface area contributed by atoms with Gasteiger partial charge >= 0.3 is 0 Å². The fourth-order valence-electron chi connectivity index (χ4n) is 4.01. The van der Waals surface area contributed by atoms with Gasteiger partial charge in [-0.1, -0.05) is 37.3 Å². The molecule has 0 amide bonds. The van der Waals surface area contributed by atoms with Gasteiger partial charge < -0.3 is 4.57 Å². The molecule has 0 radical (unpaired) electrons. The predicted octanol–water partition coefficient (Wildman–Crippen LogP) is 5.32. The summed E-state index contributed by atoms with van der Waals surface area (Å²) in [5.41, 5.74) is 3.77. The van der Waals surface area contributed by atoms with Crippen molar-refractivity contribution in [2.75, 3.05) is 6.54 Å². The average Bonchev–Trinajstić information content (AvgIpc) is 3.06. The van der Waals surface area contributed by atoms with Crippen LogP contribution in [0.2, 0.25) is 0 Å². The van der Waals surface area contributed by atoms with Crippen molar-refractivity contribution < 1.29 is 8.78 Å². The van der Waals surface area contributed by atoms with E-state index in [1.807, 2.05) is 0 Å². The largest absolute Gasteiger partial charge is 0.350 e. The van der Waals surface area contributed by atoms with Crippen molar-refractivity contribution in [2.24, 2.45) is 0 Å². The zero-order valence-electron chi connectivity index (χ0n) is 15.5. The number of nitrogens with zero attached hydrogens (tertiary/aromatic N) is 2. The van der Waals surface area contributed by atoms with Crippen molar-refractivity contribution in [1.82, 2.24) is 9.47 Å². The molecule has 0 N–H and O–H groups in total. The molecule has 0 bridgehead atoms. The number of aryl methyl sites for hydroxylation is 2. The summed E-state index contributed by atoms with van der Waals surface area (Å²) in [6.45, 7) is 4.10. The van der Waals surface area contributed by atoms with Crippen molar-refractivity contribution >= 4 is 0 Å². The first-order chi connectivity index (χ1) is 13.2. The molecule has 1 aliphatic rings. The summed E-state index contributed by atoms with van der Waals surface area (Å²) >= 11 is 0. The first-order valence-corrected chi connectivity index (χ1v) is 9.58. The zero-order chi connectivity index (χ0) is 18.8. The standard InChI is InChI=1S/C23H24F2N2/c1-2-17-9-11-18(12-10-17)23-22-8-4-13-26(22)14-5-15-27(23)16-19-20(24)6-3-7-21(19)25/h3-4,6-13,23H,2,5,14-16H2,1H3. The minimum atomic E-state index is -0.477. The number of rotatable bonds is 4. The molecule has 0 spiro atoms. The molecule has 4 heteroatoms. The lowest BCUT2D eigenvalue weighted by molar-refractivity contribution is 0.214. The first kappa shape index (κ1) is 17.9. The molecular weight excluding hydrogens is 342 g/mol. The van der Waals surface area contributed by atoms with E-state index in [0.717, 1.165) is 31.5 Å². The third-order valence-corrected chi connectivity index (χ3v) is 5.48.